The molecule has 0 radical (unpaired) electrons. The molecule has 2 aliphatic rings. The summed E-state index contributed by atoms with van der Waals surface area (Å²) >= 11 is 0. The Kier molecular flexibility index (Phi) is 2.90. The highest BCUT2D eigenvalue weighted by atomic mass is 29.2. The molecule has 0 amide bonds. The smallest absolute Gasteiger partial charge is 0.168 e. The van der Waals surface area contributed by atoms with E-state index in [4.69, 9.17) is 4.43 Å². The molecule has 2 aliphatic heterocycles. The van der Waals surface area contributed by atoms with Crippen LogP contribution in [0.5, 0.6) is 0 Å². The van der Waals surface area contributed by atoms with Crippen LogP contribution in [0.1, 0.15) is 26.7 Å². The van der Waals surface area contributed by atoms with E-state index >= 15 is 0 Å². The molecule has 0 aromatic rings. The van der Waals surface area contributed by atoms with E-state index in [0.717, 1.165) is 6.61 Å². The van der Waals surface area contributed by atoms with Crippen LogP contribution in [0.3, 0.4) is 0 Å². The Morgan fingerprint density at radius 2 is 1.93 bits per heavy atom. The van der Waals surface area contributed by atoms with Crippen molar-refractivity contribution in [1.29, 1.82) is 0 Å². The molecule has 1 unspecified atom stereocenters. The van der Waals surface area contributed by atoms with Gasteiger partial charge in [-0.3, -0.25) is 0 Å². The molecular weight excluding hydrogens is 206 g/mol. The Hall–Kier alpha value is 0.354. The topological polar surface area (TPSA) is 12.5 Å². The van der Waals surface area contributed by atoms with E-state index in [2.05, 4.69) is 25.0 Å². The van der Waals surface area contributed by atoms with Crippen molar-refractivity contribution < 1.29 is 4.43 Å². The minimum absolute atomic E-state index is 0.207. The molecular formula is C10H23NOSi2. The van der Waals surface area contributed by atoms with Gasteiger partial charge in [-0.05, 0) is 37.4 Å². The lowest BCUT2D eigenvalue weighted by molar-refractivity contribution is 0.191. The van der Waals surface area contributed by atoms with Crippen LogP contribution < -0.4 is 0 Å². The first-order chi connectivity index (χ1) is 6.52. The zero-order valence-electron chi connectivity index (χ0n) is 9.81. The summed E-state index contributed by atoms with van der Waals surface area (Å²) in [5.41, 5.74) is 0.453. The summed E-state index contributed by atoms with van der Waals surface area (Å²) in [7, 11) is -1.30. The van der Waals surface area contributed by atoms with E-state index in [9.17, 15) is 0 Å². The van der Waals surface area contributed by atoms with E-state index in [1.54, 1.807) is 0 Å². The van der Waals surface area contributed by atoms with Crippen LogP contribution in [0.4, 0.5) is 0 Å². The molecule has 2 heterocycles. The fourth-order valence-electron chi connectivity index (χ4n) is 3.14. The van der Waals surface area contributed by atoms with Crippen LogP contribution in [0.2, 0.25) is 12.6 Å². The first-order valence-electron chi connectivity index (χ1n) is 5.85. The molecule has 0 spiro atoms. The van der Waals surface area contributed by atoms with Crippen molar-refractivity contribution in [3.63, 3.8) is 0 Å². The van der Waals surface area contributed by atoms with Crippen LogP contribution in [-0.2, 0) is 4.43 Å². The highest BCUT2D eigenvalue weighted by Crippen LogP contribution is 2.35. The van der Waals surface area contributed by atoms with E-state index < -0.39 is 7.75 Å². The van der Waals surface area contributed by atoms with Crippen molar-refractivity contribution in [1.82, 2.24) is 4.57 Å². The number of hydrogen-bond donors (Lipinski definition) is 0. The van der Waals surface area contributed by atoms with E-state index in [1.807, 2.05) is 0 Å². The largest absolute Gasteiger partial charge is 0.425 e. The van der Waals surface area contributed by atoms with Gasteiger partial charge in [-0.15, -0.1) is 0 Å². The summed E-state index contributed by atoms with van der Waals surface area (Å²) < 4.78 is 8.81. The van der Waals surface area contributed by atoms with Gasteiger partial charge in [0.25, 0.3) is 0 Å². The van der Waals surface area contributed by atoms with Crippen molar-refractivity contribution in [3.8, 4) is 0 Å². The predicted octanol–water partition coefficient (Wildman–Crippen LogP) is 1.29. The average molecular weight is 229 g/mol. The minimum Gasteiger partial charge on any atom is -0.425 e. The SMILES string of the molecule is CC1(C)CO[SiH2][Si](C)(N2CCCC2)C1. The second-order valence-electron chi connectivity index (χ2n) is 6.02. The van der Waals surface area contributed by atoms with Crippen molar-refractivity contribution in [2.24, 2.45) is 5.41 Å². The lowest BCUT2D eigenvalue weighted by atomic mass is 9.98. The van der Waals surface area contributed by atoms with Crippen LogP contribution in [0.25, 0.3) is 0 Å². The molecule has 4 heteroatoms. The molecule has 1 atom stereocenters. The Bertz CT molecular complexity index is 216. The maximum Gasteiger partial charge on any atom is 0.168 e. The number of hydrogen-bond acceptors (Lipinski definition) is 2. The fourth-order valence-corrected chi connectivity index (χ4v) is 13.8. The summed E-state index contributed by atoms with van der Waals surface area (Å²) in [5, 5.41) is 0. The van der Waals surface area contributed by atoms with Gasteiger partial charge in [0.15, 0.2) is 9.28 Å². The minimum atomic E-state index is -1.09. The third-order valence-corrected chi connectivity index (χ3v) is 12.9. The summed E-state index contributed by atoms with van der Waals surface area (Å²) in [6.45, 7) is 11.1. The Labute approximate surface area is 90.8 Å². The molecule has 2 rings (SSSR count). The first kappa shape index (κ1) is 10.9. The third kappa shape index (κ3) is 2.13. The fraction of sp³-hybridized carbons (Fsp3) is 1.00. The van der Waals surface area contributed by atoms with Crippen LogP contribution in [0, 0.1) is 5.41 Å². The maximum atomic E-state index is 5.97. The molecule has 82 valence electrons. The lowest BCUT2D eigenvalue weighted by Gasteiger charge is -2.45. The van der Waals surface area contributed by atoms with Crippen LogP contribution in [-0.4, -0.2) is 41.3 Å². The molecule has 0 aliphatic carbocycles. The molecule has 0 aromatic carbocycles. The van der Waals surface area contributed by atoms with Gasteiger partial charge in [0, 0.05) is 6.61 Å². The standard InChI is InChI=1S/C10H23NOSi2/c1-10(2)8-12-13-14(3,9-10)11-6-4-5-7-11/h4-9,13H2,1-3H3. The molecule has 14 heavy (non-hydrogen) atoms. The van der Waals surface area contributed by atoms with Crippen LogP contribution >= 0.6 is 0 Å². The maximum absolute atomic E-state index is 5.97. The van der Waals surface area contributed by atoms with Gasteiger partial charge in [0.05, 0.1) is 0 Å². The van der Waals surface area contributed by atoms with Gasteiger partial charge >= 0.3 is 0 Å². The Balaban J connectivity index is 2.06. The van der Waals surface area contributed by atoms with E-state index in [1.165, 1.54) is 32.0 Å². The highest BCUT2D eigenvalue weighted by Gasteiger charge is 2.44. The van der Waals surface area contributed by atoms with Crippen molar-refractivity contribution in [3.05, 3.63) is 0 Å². The first-order valence-corrected chi connectivity index (χ1v) is 11.4. The molecule has 2 nitrogen and oxygen atoms in total. The molecule has 2 fully saturated rings. The molecule has 0 N–H and O–H groups in total. The monoisotopic (exact) mass is 229 g/mol. The van der Waals surface area contributed by atoms with Gasteiger partial charge in [-0.2, -0.15) is 0 Å². The zero-order chi connectivity index (χ0) is 10.2. The summed E-state index contributed by atoms with van der Waals surface area (Å²) in [6.07, 6.45) is 2.86. The highest BCUT2D eigenvalue weighted by molar-refractivity contribution is 7.20. The molecule has 2 saturated heterocycles. The zero-order valence-corrected chi connectivity index (χ0v) is 12.2. The number of rotatable bonds is 1. The molecule has 0 saturated carbocycles. The summed E-state index contributed by atoms with van der Waals surface area (Å²) in [6, 6.07) is 1.48. The average Bonchev–Trinajstić information content (AvgIpc) is 2.52. The normalized spacial score (nSPS) is 40.5. The predicted molar refractivity (Wildman–Crippen MR) is 65.5 cm³/mol. The van der Waals surface area contributed by atoms with Gasteiger partial charge in [0.2, 0.25) is 0 Å². The quantitative estimate of drug-likeness (QED) is 0.629. The molecule has 0 aromatic heterocycles. The van der Waals surface area contributed by atoms with Crippen molar-refractivity contribution >= 4 is 17.0 Å². The lowest BCUT2D eigenvalue weighted by Crippen LogP contribution is -2.61. The van der Waals surface area contributed by atoms with Gasteiger partial charge in [-0.1, -0.05) is 20.4 Å². The van der Waals surface area contributed by atoms with Crippen LogP contribution in [0.15, 0.2) is 0 Å². The van der Waals surface area contributed by atoms with Crippen molar-refractivity contribution in [2.45, 2.75) is 39.3 Å². The third-order valence-electron chi connectivity index (χ3n) is 3.63. The van der Waals surface area contributed by atoms with E-state index in [-0.39, 0.29) is 9.28 Å². The second-order valence-corrected chi connectivity index (χ2v) is 16.1. The van der Waals surface area contributed by atoms with Gasteiger partial charge in [0.1, 0.15) is 7.75 Å². The van der Waals surface area contributed by atoms with Gasteiger partial charge < -0.3 is 8.99 Å². The number of nitrogens with zero attached hydrogens (tertiary/aromatic N) is 1. The summed E-state index contributed by atoms with van der Waals surface area (Å²) in [4.78, 5) is 0. The van der Waals surface area contributed by atoms with Crippen molar-refractivity contribution in [2.75, 3.05) is 19.7 Å². The molecule has 0 bridgehead atoms. The second kappa shape index (κ2) is 3.74. The van der Waals surface area contributed by atoms with E-state index in [0.29, 0.717) is 5.41 Å². The summed E-state index contributed by atoms with van der Waals surface area (Å²) in [5.74, 6) is 0. The Morgan fingerprint density at radius 1 is 1.29 bits per heavy atom. The Morgan fingerprint density at radius 3 is 2.50 bits per heavy atom. The van der Waals surface area contributed by atoms with Gasteiger partial charge in [-0.25, -0.2) is 0 Å².